The summed E-state index contributed by atoms with van der Waals surface area (Å²) in [5.41, 5.74) is 6.78. The lowest BCUT2D eigenvalue weighted by Gasteiger charge is -2.24. The first-order valence-corrected chi connectivity index (χ1v) is 8.67. The van der Waals surface area contributed by atoms with E-state index >= 15 is 0 Å². The zero-order valence-corrected chi connectivity index (χ0v) is 14.7. The summed E-state index contributed by atoms with van der Waals surface area (Å²) < 4.78 is 19.3. The minimum atomic E-state index is -0.443. The van der Waals surface area contributed by atoms with Crippen molar-refractivity contribution < 1.29 is 13.9 Å². The van der Waals surface area contributed by atoms with Crippen molar-refractivity contribution in [3.8, 4) is 5.75 Å². The number of rotatable bonds is 4. The first-order chi connectivity index (χ1) is 13.5. The van der Waals surface area contributed by atoms with Crippen molar-refractivity contribution in [2.75, 3.05) is 11.1 Å². The Morgan fingerprint density at radius 3 is 2.64 bits per heavy atom. The molecule has 1 aliphatic heterocycles. The molecule has 4 rings (SSSR count). The van der Waals surface area contributed by atoms with E-state index in [1.165, 1.54) is 6.07 Å². The number of amides is 1. The number of aromatic nitrogens is 2. The summed E-state index contributed by atoms with van der Waals surface area (Å²) in [6.07, 6.45) is 0.122. The van der Waals surface area contributed by atoms with Gasteiger partial charge in [0.05, 0.1) is 5.56 Å². The Kier molecular flexibility index (Phi) is 4.52. The maximum Gasteiger partial charge on any atom is 0.258 e. The standard InChI is InChI=1S/C20H17FN4O3/c21-15-4-2-1-3-12(15)10-28-13-7-5-11(6-8-13)14-9-16(26)23-18-17(14)19(27)25-20(22)24-18/h1-8,14H,9-10H2,(H4,22,23,24,25,26,27). The number of nitrogens with zero attached hydrogens (tertiary/aromatic N) is 1. The van der Waals surface area contributed by atoms with E-state index in [1.54, 1.807) is 42.5 Å². The van der Waals surface area contributed by atoms with Crippen molar-refractivity contribution in [2.24, 2.45) is 0 Å². The van der Waals surface area contributed by atoms with Crippen LogP contribution in [-0.4, -0.2) is 15.9 Å². The number of H-pyrrole nitrogens is 1. The van der Waals surface area contributed by atoms with Crippen molar-refractivity contribution in [3.05, 3.63) is 81.4 Å². The number of aromatic amines is 1. The largest absolute Gasteiger partial charge is 0.489 e. The summed E-state index contributed by atoms with van der Waals surface area (Å²) in [6, 6.07) is 13.4. The van der Waals surface area contributed by atoms with Gasteiger partial charge in [0.15, 0.2) is 0 Å². The molecule has 0 bridgehead atoms. The normalized spacial score (nSPS) is 15.6. The number of hydrogen-bond acceptors (Lipinski definition) is 5. The predicted molar refractivity (Wildman–Crippen MR) is 102 cm³/mol. The van der Waals surface area contributed by atoms with Crippen LogP contribution in [0.3, 0.4) is 0 Å². The molecule has 0 saturated carbocycles. The topological polar surface area (TPSA) is 110 Å². The van der Waals surface area contributed by atoms with E-state index in [1.807, 2.05) is 0 Å². The van der Waals surface area contributed by atoms with Gasteiger partial charge in [-0.25, -0.2) is 4.39 Å². The summed E-state index contributed by atoms with van der Waals surface area (Å²) in [7, 11) is 0. The fourth-order valence-corrected chi connectivity index (χ4v) is 3.25. The second kappa shape index (κ2) is 7.15. The molecule has 1 unspecified atom stereocenters. The summed E-state index contributed by atoms with van der Waals surface area (Å²) in [4.78, 5) is 30.9. The third-order valence-electron chi connectivity index (χ3n) is 4.60. The Morgan fingerprint density at radius 2 is 1.89 bits per heavy atom. The third-order valence-corrected chi connectivity index (χ3v) is 4.60. The summed E-state index contributed by atoms with van der Waals surface area (Å²) in [6.45, 7) is 0.101. The molecule has 1 amide bonds. The molecule has 1 aliphatic rings. The van der Waals surface area contributed by atoms with Crippen molar-refractivity contribution in [1.82, 2.24) is 9.97 Å². The van der Waals surface area contributed by atoms with Gasteiger partial charge in [-0.15, -0.1) is 0 Å². The lowest BCUT2D eigenvalue weighted by Crippen LogP contribution is -2.31. The highest BCUT2D eigenvalue weighted by molar-refractivity contribution is 5.94. The zero-order valence-electron chi connectivity index (χ0n) is 14.7. The molecule has 0 spiro atoms. The number of carbonyl (C=O) groups excluding carboxylic acids is 1. The third kappa shape index (κ3) is 3.44. The molecule has 2 heterocycles. The summed E-state index contributed by atoms with van der Waals surface area (Å²) in [5.74, 6) is -0.327. The van der Waals surface area contributed by atoms with E-state index in [0.717, 1.165) is 5.56 Å². The molecule has 7 nitrogen and oxygen atoms in total. The smallest absolute Gasteiger partial charge is 0.258 e. The molecule has 3 aromatic rings. The molecule has 0 saturated heterocycles. The average Bonchev–Trinajstić information content (AvgIpc) is 2.66. The molecule has 1 atom stereocenters. The highest BCUT2D eigenvalue weighted by atomic mass is 19.1. The Balaban J connectivity index is 1.57. The van der Waals surface area contributed by atoms with E-state index in [4.69, 9.17) is 10.5 Å². The number of nitrogens with two attached hydrogens (primary N) is 1. The van der Waals surface area contributed by atoms with Crippen LogP contribution < -0.4 is 21.3 Å². The monoisotopic (exact) mass is 380 g/mol. The number of fused-ring (bicyclic) bond motifs is 1. The van der Waals surface area contributed by atoms with Gasteiger partial charge in [-0.2, -0.15) is 4.98 Å². The molecule has 28 heavy (non-hydrogen) atoms. The molecular weight excluding hydrogens is 363 g/mol. The second-order valence-electron chi connectivity index (χ2n) is 6.47. The van der Waals surface area contributed by atoms with E-state index in [0.29, 0.717) is 16.9 Å². The van der Waals surface area contributed by atoms with Crippen LogP contribution in [-0.2, 0) is 11.4 Å². The Labute approximate surface area is 159 Å². The van der Waals surface area contributed by atoms with Crippen LogP contribution in [0, 0.1) is 5.82 Å². The molecule has 0 radical (unpaired) electrons. The minimum absolute atomic E-state index is 0.0541. The number of hydrogen-bond donors (Lipinski definition) is 3. The first-order valence-electron chi connectivity index (χ1n) is 8.67. The Hall–Kier alpha value is -3.68. The van der Waals surface area contributed by atoms with Gasteiger partial charge in [0.25, 0.3) is 5.56 Å². The zero-order chi connectivity index (χ0) is 19.7. The molecule has 0 fully saturated rings. The molecule has 4 N–H and O–H groups in total. The van der Waals surface area contributed by atoms with Crippen LogP contribution in [0.1, 0.15) is 29.0 Å². The molecule has 142 valence electrons. The van der Waals surface area contributed by atoms with Crippen molar-refractivity contribution >= 4 is 17.7 Å². The van der Waals surface area contributed by atoms with Gasteiger partial charge >= 0.3 is 0 Å². The molecule has 8 heteroatoms. The average molecular weight is 380 g/mol. The minimum Gasteiger partial charge on any atom is -0.489 e. The molecule has 2 aromatic carbocycles. The fraction of sp³-hybridized carbons (Fsp3) is 0.150. The summed E-state index contributed by atoms with van der Waals surface area (Å²) in [5, 5.41) is 2.59. The highest BCUT2D eigenvalue weighted by Crippen LogP contribution is 2.34. The van der Waals surface area contributed by atoms with Gasteiger partial charge in [-0.05, 0) is 23.8 Å². The molecule has 1 aromatic heterocycles. The van der Waals surface area contributed by atoms with E-state index < -0.39 is 5.92 Å². The van der Waals surface area contributed by atoms with Crippen LogP contribution in [0.2, 0.25) is 0 Å². The van der Waals surface area contributed by atoms with Gasteiger partial charge in [0.1, 0.15) is 24.0 Å². The van der Waals surface area contributed by atoms with E-state index in [-0.39, 0.29) is 42.1 Å². The number of nitrogens with one attached hydrogen (secondary N) is 2. The highest BCUT2D eigenvalue weighted by Gasteiger charge is 2.30. The van der Waals surface area contributed by atoms with E-state index in [2.05, 4.69) is 15.3 Å². The van der Waals surface area contributed by atoms with Gasteiger partial charge < -0.3 is 15.8 Å². The molecule has 0 aliphatic carbocycles. The van der Waals surface area contributed by atoms with Gasteiger partial charge in [0, 0.05) is 17.9 Å². The lowest BCUT2D eigenvalue weighted by atomic mass is 9.87. The SMILES string of the molecule is Nc1nc2c(c(=O)[nH]1)C(c1ccc(OCc3ccccc3F)cc1)CC(=O)N2. The van der Waals surface area contributed by atoms with Crippen molar-refractivity contribution in [2.45, 2.75) is 18.9 Å². The Morgan fingerprint density at radius 1 is 1.14 bits per heavy atom. The van der Waals surface area contributed by atoms with Crippen molar-refractivity contribution in [3.63, 3.8) is 0 Å². The quantitative estimate of drug-likeness (QED) is 0.644. The van der Waals surface area contributed by atoms with Crippen LogP contribution in [0.15, 0.2) is 53.3 Å². The number of ether oxygens (including phenoxy) is 1. The number of nitrogen functional groups attached to an aromatic ring is 1. The van der Waals surface area contributed by atoms with E-state index in [9.17, 15) is 14.0 Å². The second-order valence-corrected chi connectivity index (χ2v) is 6.47. The number of benzene rings is 2. The summed E-state index contributed by atoms with van der Waals surface area (Å²) >= 11 is 0. The Bertz CT molecular complexity index is 1100. The number of anilines is 2. The van der Waals surface area contributed by atoms with Gasteiger partial charge in [-0.1, -0.05) is 30.3 Å². The number of carbonyl (C=O) groups is 1. The maximum absolute atomic E-state index is 13.7. The number of halogens is 1. The van der Waals surface area contributed by atoms with Crippen LogP contribution in [0.4, 0.5) is 16.2 Å². The van der Waals surface area contributed by atoms with Crippen LogP contribution in [0.25, 0.3) is 0 Å². The van der Waals surface area contributed by atoms with Crippen molar-refractivity contribution in [1.29, 1.82) is 0 Å². The van der Waals surface area contributed by atoms with Gasteiger partial charge in [-0.3, -0.25) is 14.6 Å². The predicted octanol–water partition coefficient (Wildman–Crippen LogP) is 2.54. The van der Waals surface area contributed by atoms with Crippen LogP contribution >= 0.6 is 0 Å². The molecular formula is C20H17FN4O3. The van der Waals surface area contributed by atoms with Crippen LogP contribution in [0.5, 0.6) is 5.75 Å². The lowest BCUT2D eigenvalue weighted by molar-refractivity contribution is -0.116. The maximum atomic E-state index is 13.7. The first kappa shape index (κ1) is 17.7. The fourth-order valence-electron chi connectivity index (χ4n) is 3.25. The van der Waals surface area contributed by atoms with Gasteiger partial charge in [0.2, 0.25) is 11.9 Å².